The molecule has 0 fully saturated rings. The van der Waals surface area contributed by atoms with E-state index in [1.54, 1.807) is 0 Å². The molecule has 0 aliphatic rings. The van der Waals surface area contributed by atoms with E-state index in [1.165, 1.54) is 51.5 Å². The molecule has 0 aromatic rings. The van der Waals surface area contributed by atoms with E-state index in [2.05, 4.69) is 33.0 Å². The first kappa shape index (κ1) is 17.9. The molecule has 0 aromatic heterocycles. The molecule has 0 saturated heterocycles. The van der Waals surface area contributed by atoms with Crippen LogP contribution in [-0.2, 0) is 0 Å². The highest BCUT2D eigenvalue weighted by atomic mass is 14.9. The summed E-state index contributed by atoms with van der Waals surface area (Å²) in [5.41, 5.74) is 5.67. The Hall–Kier alpha value is -0.0800. The maximum Gasteiger partial charge on any atom is 0.00387 e. The average Bonchev–Trinajstić information content (AvgIpc) is 2.33. The molecule has 2 unspecified atom stereocenters. The van der Waals surface area contributed by atoms with Gasteiger partial charge in [-0.15, -0.1) is 0 Å². The molecule has 0 heterocycles. The highest BCUT2D eigenvalue weighted by Crippen LogP contribution is 2.19. The maximum absolute atomic E-state index is 5.67. The van der Waals surface area contributed by atoms with Crippen molar-refractivity contribution in [2.45, 2.75) is 78.7 Å². The zero-order valence-corrected chi connectivity index (χ0v) is 13.2. The molecule has 0 aromatic carbocycles. The molecule has 2 atom stereocenters. The van der Waals surface area contributed by atoms with Crippen molar-refractivity contribution in [1.82, 2.24) is 5.32 Å². The van der Waals surface area contributed by atoms with Gasteiger partial charge >= 0.3 is 0 Å². The lowest BCUT2D eigenvalue weighted by atomic mass is 9.88. The Kier molecular flexibility index (Phi) is 11.9. The van der Waals surface area contributed by atoms with Gasteiger partial charge in [-0.25, -0.2) is 0 Å². The molecule has 0 aliphatic carbocycles. The minimum absolute atomic E-state index is 0.684. The van der Waals surface area contributed by atoms with Crippen LogP contribution in [0.4, 0.5) is 0 Å². The Labute approximate surface area is 115 Å². The summed E-state index contributed by atoms with van der Waals surface area (Å²) in [6.45, 7) is 11.2. The van der Waals surface area contributed by atoms with Gasteiger partial charge in [0.15, 0.2) is 0 Å². The Morgan fingerprint density at radius 2 is 1.67 bits per heavy atom. The minimum Gasteiger partial charge on any atom is -0.330 e. The van der Waals surface area contributed by atoms with Gasteiger partial charge in [0, 0.05) is 6.04 Å². The highest BCUT2D eigenvalue weighted by molar-refractivity contribution is 4.66. The second-order valence-electron chi connectivity index (χ2n) is 6.07. The molecule has 18 heavy (non-hydrogen) atoms. The molecule has 2 nitrogen and oxygen atoms in total. The summed E-state index contributed by atoms with van der Waals surface area (Å²) in [5, 5.41) is 3.65. The van der Waals surface area contributed by atoms with Crippen molar-refractivity contribution < 1.29 is 0 Å². The lowest BCUT2D eigenvalue weighted by Gasteiger charge is -2.21. The van der Waals surface area contributed by atoms with Crippen LogP contribution in [0.5, 0.6) is 0 Å². The fraction of sp³-hybridized carbons (Fsp3) is 1.00. The molecular weight excluding hydrogens is 220 g/mol. The summed E-state index contributed by atoms with van der Waals surface area (Å²) in [6.07, 6.45) is 9.19. The van der Waals surface area contributed by atoms with Crippen molar-refractivity contribution in [3.05, 3.63) is 0 Å². The number of hydrogen-bond acceptors (Lipinski definition) is 2. The van der Waals surface area contributed by atoms with E-state index >= 15 is 0 Å². The van der Waals surface area contributed by atoms with Crippen LogP contribution in [0.1, 0.15) is 72.6 Å². The van der Waals surface area contributed by atoms with Gasteiger partial charge in [-0.1, -0.05) is 40.0 Å². The van der Waals surface area contributed by atoms with Crippen LogP contribution in [0.2, 0.25) is 0 Å². The third-order valence-electron chi connectivity index (χ3n) is 3.97. The highest BCUT2D eigenvalue weighted by Gasteiger charge is 2.11. The number of unbranched alkanes of at least 4 members (excludes halogenated alkanes) is 2. The number of rotatable bonds is 12. The standard InChI is InChI=1S/C16H36N2/c1-5-6-7-9-15(4)18-13-8-10-16(11-12-17)14(2)3/h14-16,18H,5-13,17H2,1-4H3. The quantitative estimate of drug-likeness (QED) is 0.519. The van der Waals surface area contributed by atoms with Crippen LogP contribution in [0.3, 0.4) is 0 Å². The van der Waals surface area contributed by atoms with E-state index in [-0.39, 0.29) is 0 Å². The Morgan fingerprint density at radius 1 is 0.944 bits per heavy atom. The summed E-state index contributed by atoms with van der Waals surface area (Å²) in [7, 11) is 0. The molecule has 0 amide bonds. The molecule has 0 rings (SSSR count). The molecular formula is C16H36N2. The normalized spacial score (nSPS) is 15.0. The van der Waals surface area contributed by atoms with Crippen LogP contribution in [0, 0.1) is 11.8 Å². The first-order valence-corrected chi connectivity index (χ1v) is 8.05. The first-order valence-electron chi connectivity index (χ1n) is 8.05. The van der Waals surface area contributed by atoms with Crippen molar-refractivity contribution in [2.75, 3.05) is 13.1 Å². The van der Waals surface area contributed by atoms with Gasteiger partial charge in [0.05, 0.1) is 0 Å². The summed E-state index contributed by atoms with van der Waals surface area (Å²) < 4.78 is 0. The van der Waals surface area contributed by atoms with Crippen molar-refractivity contribution in [3.8, 4) is 0 Å². The average molecular weight is 256 g/mol. The van der Waals surface area contributed by atoms with Crippen molar-refractivity contribution in [2.24, 2.45) is 17.6 Å². The minimum atomic E-state index is 0.684. The van der Waals surface area contributed by atoms with E-state index in [0.29, 0.717) is 6.04 Å². The number of nitrogens with one attached hydrogen (secondary N) is 1. The molecule has 0 aliphatic heterocycles. The van der Waals surface area contributed by atoms with Crippen molar-refractivity contribution in [1.29, 1.82) is 0 Å². The molecule has 2 heteroatoms. The fourth-order valence-corrected chi connectivity index (χ4v) is 2.54. The Balaban J connectivity index is 3.52. The van der Waals surface area contributed by atoms with Gasteiger partial charge in [0.2, 0.25) is 0 Å². The summed E-state index contributed by atoms with van der Waals surface area (Å²) in [4.78, 5) is 0. The number of nitrogens with two attached hydrogens (primary N) is 1. The van der Waals surface area contributed by atoms with E-state index in [0.717, 1.165) is 18.4 Å². The molecule has 0 radical (unpaired) electrons. The molecule has 0 saturated carbocycles. The van der Waals surface area contributed by atoms with Gasteiger partial charge in [0.1, 0.15) is 0 Å². The predicted molar refractivity (Wildman–Crippen MR) is 82.8 cm³/mol. The Morgan fingerprint density at radius 3 is 2.22 bits per heavy atom. The topological polar surface area (TPSA) is 38.0 Å². The lowest BCUT2D eigenvalue weighted by molar-refractivity contribution is 0.327. The van der Waals surface area contributed by atoms with Crippen LogP contribution in [-0.4, -0.2) is 19.1 Å². The molecule has 0 bridgehead atoms. The van der Waals surface area contributed by atoms with Crippen LogP contribution in [0.15, 0.2) is 0 Å². The van der Waals surface area contributed by atoms with Gasteiger partial charge in [0.25, 0.3) is 0 Å². The predicted octanol–water partition coefficient (Wildman–Crippen LogP) is 3.95. The third-order valence-corrected chi connectivity index (χ3v) is 3.97. The molecule has 3 N–H and O–H groups in total. The van der Waals surface area contributed by atoms with Crippen molar-refractivity contribution >= 4 is 0 Å². The maximum atomic E-state index is 5.67. The SMILES string of the molecule is CCCCCC(C)NCCCC(CCN)C(C)C. The first-order chi connectivity index (χ1) is 8.61. The van der Waals surface area contributed by atoms with E-state index in [1.807, 2.05) is 0 Å². The van der Waals surface area contributed by atoms with Gasteiger partial charge in [-0.3, -0.25) is 0 Å². The Bertz CT molecular complexity index is 168. The monoisotopic (exact) mass is 256 g/mol. The smallest absolute Gasteiger partial charge is 0.00387 e. The second kappa shape index (κ2) is 12.0. The van der Waals surface area contributed by atoms with Gasteiger partial charge in [-0.2, -0.15) is 0 Å². The summed E-state index contributed by atoms with van der Waals surface area (Å²) in [6, 6.07) is 0.684. The summed E-state index contributed by atoms with van der Waals surface area (Å²) >= 11 is 0. The van der Waals surface area contributed by atoms with Gasteiger partial charge < -0.3 is 11.1 Å². The lowest BCUT2D eigenvalue weighted by Crippen LogP contribution is -2.27. The van der Waals surface area contributed by atoms with E-state index in [9.17, 15) is 0 Å². The van der Waals surface area contributed by atoms with E-state index in [4.69, 9.17) is 5.73 Å². The largest absolute Gasteiger partial charge is 0.330 e. The van der Waals surface area contributed by atoms with Crippen molar-refractivity contribution in [3.63, 3.8) is 0 Å². The van der Waals surface area contributed by atoms with Gasteiger partial charge in [-0.05, 0) is 57.5 Å². The summed E-state index contributed by atoms with van der Waals surface area (Å²) in [5.74, 6) is 1.59. The molecule has 110 valence electrons. The second-order valence-corrected chi connectivity index (χ2v) is 6.07. The van der Waals surface area contributed by atoms with Crippen LogP contribution < -0.4 is 11.1 Å². The fourth-order valence-electron chi connectivity index (χ4n) is 2.54. The van der Waals surface area contributed by atoms with Crippen LogP contribution >= 0.6 is 0 Å². The zero-order chi connectivity index (χ0) is 13.8. The number of hydrogen-bond donors (Lipinski definition) is 2. The zero-order valence-electron chi connectivity index (χ0n) is 13.2. The molecule has 0 spiro atoms. The van der Waals surface area contributed by atoms with E-state index < -0.39 is 0 Å². The third kappa shape index (κ3) is 9.90. The van der Waals surface area contributed by atoms with Crippen LogP contribution in [0.25, 0.3) is 0 Å².